The highest BCUT2D eigenvalue weighted by atomic mass is 35.5. The van der Waals surface area contributed by atoms with E-state index < -0.39 is 23.3 Å². The van der Waals surface area contributed by atoms with Gasteiger partial charge in [0, 0.05) is 55.1 Å². The Morgan fingerprint density at radius 1 is 1.07 bits per heavy atom. The van der Waals surface area contributed by atoms with Crippen LogP contribution in [0.3, 0.4) is 0 Å². The van der Waals surface area contributed by atoms with Crippen LogP contribution in [0.2, 0.25) is 5.02 Å². The number of aromatic nitrogens is 3. The van der Waals surface area contributed by atoms with Crippen molar-refractivity contribution in [3.05, 3.63) is 96.8 Å². The van der Waals surface area contributed by atoms with E-state index in [-0.39, 0.29) is 11.6 Å². The Bertz CT molecular complexity index is 1930. The zero-order chi connectivity index (χ0) is 32.0. The number of halogens is 1. The van der Waals surface area contributed by atoms with Crippen LogP contribution in [0.1, 0.15) is 58.8 Å². The number of benzene rings is 2. The van der Waals surface area contributed by atoms with Gasteiger partial charge in [0.1, 0.15) is 5.56 Å². The first-order valence-corrected chi connectivity index (χ1v) is 15.5. The normalized spacial score (nSPS) is 17.8. The molecule has 10 nitrogen and oxygen atoms in total. The van der Waals surface area contributed by atoms with E-state index in [1.54, 1.807) is 19.2 Å². The monoisotopic (exact) mass is 629 g/mol. The first-order chi connectivity index (χ1) is 21.6. The lowest BCUT2D eigenvalue weighted by Crippen LogP contribution is -2.40. The number of pyridine rings is 1. The fourth-order valence-electron chi connectivity index (χ4n) is 6.61. The van der Waals surface area contributed by atoms with Crippen LogP contribution in [-0.2, 0) is 20.5 Å². The van der Waals surface area contributed by atoms with Crippen LogP contribution < -0.4 is 26.6 Å². The Hall–Kier alpha value is -4.25. The number of hydrogen-bond acceptors (Lipinski definition) is 7. The van der Waals surface area contributed by atoms with Crippen molar-refractivity contribution in [2.75, 3.05) is 12.4 Å². The number of methoxy groups -OCH3 is 1. The summed E-state index contributed by atoms with van der Waals surface area (Å²) >= 11 is 7.09. The summed E-state index contributed by atoms with van der Waals surface area (Å²) < 4.78 is 7.86. The summed E-state index contributed by atoms with van der Waals surface area (Å²) in [5.41, 5.74) is 4.66. The van der Waals surface area contributed by atoms with Crippen molar-refractivity contribution in [1.29, 1.82) is 0 Å². The molecule has 0 aliphatic heterocycles. The van der Waals surface area contributed by atoms with Crippen molar-refractivity contribution >= 4 is 23.2 Å². The molecular weight excluding hydrogens is 594 g/mol. The number of aliphatic hydroxyl groups is 1. The molecule has 0 spiro atoms. The maximum atomic E-state index is 13.1. The lowest BCUT2D eigenvalue weighted by atomic mass is 9.96. The Morgan fingerprint density at radius 2 is 1.76 bits per heavy atom. The third-order valence-corrected chi connectivity index (χ3v) is 9.44. The van der Waals surface area contributed by atoms with E-state index in [0.29, 0.717) is 40.3 Å². The number of aliphatic hydroxyl groups excluding tert-OH is 1. The summed E-state index contributed by atoms with van der Waals surface area (Å²) in [5.74, 6) is -0.148. The molecule has 3 N–H and O–H groups in total. The van der Waals surface area contributed by atoms with Gasteiger partial charge >= 0.3 is 5.69 Å². The number of ether oxygens (including phenoxy) is 1. The van der Waals surface area contributed by atoms with Gasteiger partial charge < -0.3 is 25.0 Å². The molecule has 0 radical (unpaired) electrons. The quantitative estimate of drug-likeness (QED) is 0.274. The van der Waals surface area contributed by atoms with E-state index in [9.17, 15) is 19.5 Å². The fraction of sp³-hybridized carbons (Fsp3) is 0.353. The molecule has 234 valence electrons. The van der Waals surface area contributed by atoms with Crippen LogP contribution in [0.5, 0.6) is 5.88 Å². The molecule has 6 rings (SSSR count). The van der Waals surface area contributed by atoms with Gasteiger partial charge in [0.25, 0.3) is 11.5 Å². The van der Waals surface area contributed by atoms with Crippen molar-refractivity contribution in [3.63, 3.8) is 0 Å². The van der Waals surface area contributed by atoms with Crippen molar-refractivity contribution in [2.45, 2.75) is 57.2 Å². The minimum Gasteiger partial charge on any atom is -0.481 e. The molecular formula is C34H36ClN5O5. The molecule has 2 heterocycles. The number of anilines is 1. The molecule has 1 saturated carbocycles. The van der Waals surface area contributed by atoms with Gasteiger partial charge in [-0.25, -0.2) is 9.78 Å². The number of carbonyl (C=O) groups is 1. The van der Waals surface area contributed by atoms with Crippen LogP contribution in [-0.4, -0.2) is 44.4 Å². The number of nitrogens with one attached hydrogen (secondary N) is 2. The molecule has 0 bridgehead atoms. The molecule has 2 aliphatic carbocycles. The number of rotatable bonds is 7. The summed E-state index contributed by atoms with van der Waals surface area (Å²) in [6, 6.07) is 13.3. The van der Waals surface area contributed by atoms with Gasteiger partial charge in [-0.15, -0.1) is 0 Å². The number of carbonyl (C=O) groups excluding carboxylic acids is 1. The largest absolute Gasteiger partial charge is 0.481 e. The highest BCUT2D eigenvalue weighted by Gasteiger charge is 2.37. The van der Waals surface area contributed by atoms with Gasteiger partial charge in [-0.1, -0.05) is 54.8 Å². The zero-order valence-corrected chi connectivity index (χ0v) is 26.4. The maximum absolute atomic E-state index is 13.1. The van der Waals surface area contributed by atoms with Crippen LogP contribution in [0.4, 0.5) is 5.69 Å². The fourth-order valence-corrected chi connectivity index (χ4v) is 6.93. The van der Waals surface area contributed by atoms with Gasteiger partial charge in [-0.2, -0.15) is 0 Å². The number of fused-ring (bicyclic) bond motifs is 1. The second-order valence-corrected chi connectivity index (χ2v) is 12.3. The molecule has 1 amide bonds. The Labute approximate surface area is 265 Å². The standard InChI is InChI=1S/C34H36ClN5O5/c1-18-21(11-8-14-25(18)37-31(42)24-17-39(2)34(44)40(3)33(24)43)22-12-7-13-23(29(22)35)26-15-19-16-27(41)30(28(19)32(38-26)45-4)36-20-9-5-6-10-20/h7-8,11-15,17,20,27,30,36,41H,5-6,9-10,16H2,1-4H3,(H,37,42). The van der Waals surface area contributed by atoms with E-state index in [0.717, 1.165) is 45.2 Å². The van der Waals surface area contributed by atoms with Gasteiger partial charge in [0.2, 0.25) is 5.88 Å². The molecule has 2 aromatic heterocycles. The summed E-state index contributed by atoms with van der Waals surface area (Å²) in [7, 11) is 4.41. The smallest absolute Gasteiger partial charge is 0.330 e. The minimum absolute atomic E-state index is 0.146. The van der Waals surface area contributed by atoms with Gasteiger partial charge in [0.05, 0.1) is 30.0 Å². The highest BCUT2D eigenvalue weighted by molar-refractivity contribution is 6.36. The predicted molar refractivity (Wildman–Crippen MR) is 174 cm³/mol. The molecule has 11 heteroatoms. The molecule has 1 fully saturated rings. The molecule has 2 aliphatic rings. The zero-order valence-electron chi connectivity index (χ0n) is 25.7. The second kappa shape index (κ2) is 12.3. The van der Waals surface area contributed by atoms with Crippen molar-refractivity contribution < 1.29 is 14.6 Å². The molecule has 45 heavy (non-hydrogen) atoms. The Balaban J connectivity index is 1.34. The van der Waals surface area contributed by atoms with E-state index in [2.05, 4.69) is 10.6 Å². The maximum Gasteiger partial charge on any atom is 0.330 e. The first-order valence-electron chi connectivity index (χ1n) is 15.1. The predicted octanol–water partition coefficient (Wildman–Crippen LogP) is 4.53. The molecule has 4 aromatic rings. The van der Waals surface area contributed by atoms with Crippen LogP contribution >= 0.6 is 11.6 Å². The average Bonchev–Trinajstić information content (AvgIpc) is 3.66. The molecule has 2 aromatic carbocycles. The van der Waals surface area contributed by atoms with Crippen molar-refractivity contribution in [2.24, 2.45) is 14.1 Å². The molecule has 2 atom stereocenters. The van der Waals surface area contributed by atoms with Crippen LogP contribution in [0, 0.1) is 6.92 Å². The van der Waals surface area contributed by atoms with Gasteiger partial charge in [-0.05, 0) is 48.6 Å². The first kappa shape index (κ1) is 30.8. The SMILES string of the molecule is COc1nc(-c2cccc(-c3cccc(NC(=O)c4cn(C)c(=O)n(C)c4=O)c3C)c2Cl)cc2c1C(NC1CCCC1)C(O)C2. The van der Waals surface area contributed by atoms with E-state index in [1.165, 1.54) is 37.7 Å². The lowest BCUT2D eigenvalue weighted by molar-refractivity contribution is 0.102. The van der Waals surface area contributed by atoms with E-state index in [1.807, 2.05) is 37.3 Å². The Morgan fingerprint density at radius 3 is 2.49 bits per heavy atom. The van der Waals surface area contributed by atoms with Crippen LogP contribution in [0.15, 0.2) is 58.3 Å². The van der Waals surface area contributed by atoms with E-state index >= 15 is 0 Å². The lowest BCUT2D eigenvalue weighted by Gasteiger charge is -2.23. The molecule has 2 unspecified atom stereocenters. The van der Waals surface area contributed by atoms with Crippen LogP contribution in [0.25, 0.3) is 22.4 Å². The summed E-state index contributed by atoms with van der Waals surface area (Å²) in [6.07, 6.45) is 5.75. The Kier molecular flexibility index (Phi) is 8.39. The average molecular weight is 630 g/mol. The van der Waals surface area contributed by atoms with Crippen molar-refractivity contribution in [3.8, 4) is 28.3 Å². The summed E-state index contributed by atoms with van der Waals surface area (Å²) in [6.45, 7) is 1.86. The second-order valence-electron chi connectivity index (χ2n) is 11.9. The van der Waals surface area contributed by atoms with Gasteiger partial charge in [-0.3, -0.25) is 14.2 Å². The third kappa shape index (κ3) is 5.58. The topological polar surface area (TPSA) is 127 Å². The molecule has 0 saturated heterocycles. The van der Waals surface area contributed by atoms with E-state index in [4.69, 9.17) is 21.3 Å². The number of nitrogens with zero attached hydrogens (tertiary/aromatic N) is 3. The highest BCUT2D eigenvalue weighted by Crippen LogP contribution is 2.43. The summed E-state index contributed by atoms with van der Waals surface area (Å²) in [4.78, 5) is 42.7. The third-order valence-electron chi connectivity index (χ3n) is 9.04. The van der Waals surface area contributed by atoms with Gasteiger partial charge in [0.15, 0.2) is 0 Å². The number of hydrogen-bond donors (Lipinski definition) is 3. The minimum atomic E-state index is -0.675. The van der Waals surface area contributed by atoms with Crippen molar-refractivity contribution in [1.82, 2.24) is 19.4 Å². The summed E-state index contributed by atoms with van der Waals surface area (Å²) in [5, 5.41) is 18.0. The number of amides is 1. The number of aryl methyl sites for hydroxylation is 1.